The lowest BCUT2D eigenvalue weighted by atomic mass is 9.96. The molecule has 2 saturated carbocycles. The summed E-state index contributed by atoms with van der Waals surface area (Å²) >= 11 is 0. The second-order valence-corrected chi connectivity index (χ2v) is 6.49. The summed E-state index contributed by atoms with van der Waals surface area (Å²) in [5.74, 6) is 1.05. The molecule has 3 heteroatoms. The van der Waals surface area contributed by atoms with Gasteiger partial charge in [-0.3, -0.25) is 4.79 Å². The number of hydrogen-bond donors (Lipinski definition) is 1. The van der Waals surface area contributed by atoms with Crippen LogP contribution in [0.1, 0.15) is 48.0 Å². The molecule has 1 aliphatic heterocycles. The minimum Gasteiger partial charge on any atom is -0.385 e. The van der Waals surface area contributed by atoms with Crippen LogP contribution in [0.15, 0.2) is 18.2 Å². The summed E-state index contributed by atoms with van der Waals surface area (Å²) in [6, 6.07) is 6.67. The van der Waals surface area contributed by atoms with E-state index in [1.807, 2.05) is 12.1 Å². The van der Waals surface area contributed by atoms with Gasteiger partial charge in [0.2, 0.25) is 0 Å². The van der Waals surface area contributed by atoms with Crippen molar-refractivity contribution in [1.29, 1.82) is 0 Å². The van der Waals surface area contributed by atoms with Gasteiger partial charge in [0.15, 0.2) is 0 Å². The molecule has 0 aromatic heterocycles. The first kappa shape index (κ1) is 12.2. The van der Waals surface area contributed by atoms with E-state index in [-0.39, 0.29) is 5.91 Å². The van der Waals surface area contributed by atoms with E-state index in [9.17, 15) is 4.79 Å². The normalized spacial score (nSPS) is 21.0. The largest absolute Gasteiger partial charge is 0.385 e. The third-order valence-electron chi connectivity index (χ3n) is 4.73. The Labute approximate surface area is 120 Å². The van der Waals surface area contributed by atoms with Crippen molar-refractivity contribution in [3.63, 3.8) is 0 Å². The van der Waals surface area contributed by atoms with Crippen molar-refractivity contribution in [2.45, 2.75) is 44.6 Å². The third-order valence-corrected chi connectivity index (χ3v) is 4.73. The van der Waals surface area contributed by atoms with Gasteiger partial charge in [0.25, 0.3) is 5.91 Å². The Balaban J connectivity index is 1.63. The number of benzene rings is 1. The Kier molecular flexibility index (Phi) is 2.94. The highest BCUT2D eigenvalue weighted by atomic mass is 16.2. The number of fused-ring (bicyclic) bond motifs is 1. The smallest absolute Gasteiger partial charge is 0.254 e. The van der Waals surface area contributed by atoms with Crippen LogP contribution in [0.5, 0.6) is 0 Å². The monoisotopic (exact) mass is 270 g/mol. The Morgan fingerprint density at radius 1 is 1.25 bits per heavy atom. The van der Waals surface area contributed by atoms with Gasteiger partial charge in [0.05, 0.1) is 0 Å². The number of hydrogen-bond acceptors (Lipinski definition) is 2. The molecule has 0 unspecified atom stereocenters. The molecule has 3 aliphatic rings. The lowest BCUT2D eigenvalue weighted by Gasteiger charge is -2.26. The van der Waals surface area contributed by atoms with Crippen molar-refractivity contribution in [3.05, 3.63) is 29.3 Å². The summed E-state index contributed by atoms with van der Waals surface area (Å²) in [5, 5.41) is 3.42. The second kappa shape index (κ2) is 4.80. The SMILES string of the molecule is O=C(c1cccc2c1CCCN2)N(CC1CC1)C1CC1. The van der Waals surface area contributed by atoms with Gasteiger partial charge >= 0.3 is 0 Å². The predicted molar refractivity (Wildman–Crippen MR) is 80.0 cm³/mol. The van der Waals surface area contributed by atoms with Crippen molar-refractivity contribution < 1.29 is 4.79 Å². The van der Waals surface area contributed by atoms with Crippen molar-refractivity contribution in [2.75, 3.05) is 18.4 Å². The minimum absolute atomic E-state index is 0.278. The number of carbonyl (C=O) groups is 1. The average molecular weight is 270 g/mol. The molecule has 1 aromatic carbocycles. The summed E-state index contributed by atoms with van der Waals surface area (Å²) in [4.78, 5) is 15.1. The van der Waals surface area contributed by atoms with E-state index in [1.54, 1.807) is 0 Å². The summed E-state index contributed by atoms with van der Waals surface area (Å²) in [7, 11) is 0. The second-order valence-electron chi connectivity index (χ2n) is 6.49. The molecule has 1 amide bonds. The maximum absolute atomic E-state index is 13.0. The molecule has 1 N–H and O–H groups in total. The van der Waals surface area contributed by atoms with Crippen LogP contribution in [0.4, 0.5) is 5.69 Å². The van der Waals surface area contributed by atoms with Gasteiger partial charge in [-0.1, -0.05) is 6.07 Å². The van der Waals surface area contributed by atoms with Crippen LogP contribution in [0, 0.1) is 5.92 Å². The van der Waals surface area contributed by atoms with Gasteiger partial charge in [0.1, 0.15) is 0 Å². The zero-order valence-electron chi connectivity index (χ0n) is 11.9. The van der Waals surface area contributed by atoms with Crippen molar-refractivity contribution in [1.82, 2.24) is 4.90 Å². The molecule has 3 nitrogen and oxygen atoms in total. The van der Waals surface area contributed by atoms with Gasteiger partial charge in [-0.15, -0.1) is 0 Å². The molecule has 0 spiro atoms. The first-order valence-electron chi connectivity index (χ1n) is 7.99. The fourth-order valence-corrected chi connectivity index (χ4v) is 3.23. The van der Waals surface area contributed by atoms with Crippen molar-refractivity contribution in [3.8, 4) is 0 Å². The Morgan fingerprint density at radius 3 is 2.85 bits per heavy atom. The molecular weight excluding hydrogens is 248 g/mol. The highest BCUT2D eigenvalue weighted by Crippen LogP contribution is 2.36. The Morgan fingerprint density at radius 2 is 2.10 bits per heavy atom. The maximum Gasteiger partial charge on any atom is 0.254 e. The van der Waals surface area contributed by atoms with Crippen LogP contribution in [0.3, 0.4) is 0 Å². The minimum atomic E-state index is 0.278. The number of carbonyl (C=O) groups excluding carboxylic acids is 1. The van der Waals surface area contributed by atoms with Crippen LogP contribution in [0.2, 0.25) is 0 Å². The molecule has 2 aliphatic carbocycles. The highest BCUT2D eigenvalue weighted by Gasteiger charge is 2.37. The van der Waals surface area contributed by atoms with Crippen LogP contribution in [0.25, 0.3) is 0 Å². The average Bonchev–Trinajstić information content (AvgIpc) is 3.37. The lowest BCUT2D eigenvalue weighted by molar-refractivity contribution is 0.0733. The maximum atomic E-state index is 13.0. The van der Waals surface area contributed by atoms with E-state index >= 15 is 0 Å². The Bertz CT molecular complexity index is 532. The van der Waals surface area contributed by atoms with Crippen LogP contribution >= 0.6 is 0 Å². The van der Waals surface area contributed by atoms with Gasteiger partial charge < -0.3 is 10.2 Å². The molecule has 0 atom stereocenters. The zero-order valence-corrected chi connectivity index (χ0v) is 11.9. The molecular formula is C17H22N2O. The van der Waals surface area contributed by atoms with Crippen molar-refractivity contribution >= 4 is 11.6 Å². The molecule has 1 aromatic rings. The summed E-state index contributed by atoms with van der Waals surface area (Å²) < 4.78 is 0. The molecule has 106 valence electrons. The number of nitrogens with zero attached hydrogens (tertiary/aromatic N) is 1. The summed E-state index contributed by atoms with van der Waals surface area (Å²) in [6.45, 7) is 2.01. The number of amides is 1. The molecule has 2 fully saturated rings. The topological polar surface area (TPSA) is 32.3 Å². The number of anilines is 1. The van der Waals surface area contributed by atoms with E-state index in [0.717, 1.165) is 37.4 Å². The first-order chi connectivity index (χ1) is 9.83. The fraction of sp³-hybridized carbons (Fsp3) is 0.588. The molecule has 1 heterocycles. The van der Waals surface area contributed by atoms with Gasteiger partial charge in [-0.25, -0.2) is 0 Å². The predicted octanol–water partition coefficient (Wildman–Crippen LogP) is 3.06. The molecule has 0 saturated heterocycles. The number of rotatable bonds is 4. The standard InChI is InChI=1S/C17H22N2O/c20-17(19(13-8-9-13)11-12-6-7-12)15-3-1-5-16-14(15)4-2-10-18-16/h1,3,5,12-13,18H,2,4,6-11H2. The molecule has 0 bridgehead atoms. The molecule has 4 rings (SSSR count). The highest BCUT2D eigenvalue weighted by molar-refractivity contribution is 5.97. The Hall–Kier alpha value is -1.51. The van der Waals surface area contributed by atoms with E-state index in [4.69, 9.17) is 0 Å². The lowest BCUT2D eigenvalue weighted by Crippen LogP contribution is -2.35. The fourth-order valence-electron chi connectivity index (χ4n) is 3.23. The van der Waals surface area contributed by atoms with Gasteiger partial charge in [-0.2, -0.15) is 0 Å². The quantitative estimate of drug-likeness (QED) is 0.912. The molecule has 20 heavy (non-hydrogen) atoms. The van der Waals surface area contributed by atoms with Crippen LogP contribution < -0.4 is 5.32 Å². The number of nitrogens with one attached hydrogen (secondary N) is 1. The van der Waals surface area contributed by atoms with E-state index < -0.39 is 0 Å². The summed E-state index contributed by atoms with van der Waals surface area (Å²) in [5.41, 5.74) is 3.36. The van der Waals surface area contributed by atoms with E-state index in [2.05, 4.69) is 16.3 Å². The summed E-state index contributed by atoms with van der Waals surface area (Å²) in [6.07, 6.45) is 7.18. The van der Waals surface area contributed by atoms with Gasteiger partial charge in [-0.05, 0) is 62.1 Å². The van der Waals surface area contributed by atoms with E-state index in [0.29, 0.717) is 6.04 Å². The van der Waals surface area contributed by atoms with Gasteiger partial charge in [0, 0.05) is 30.4 Å². The first-order valence-corrected chi connectivity index (χ1v) is 7.99. The molecule has 0 radical (unpaired) electrons. The van der Waals surface area contributed by atoms with E-state index in [1.165, 1.54) is 36.9 Å². The van der Waals surface area contributed by atoms with Crippen LogP contribution in [-0.2, 0) is 6.42 Å². The third kappa shape index (κ3) is 2.30. The van der Waals surface area contributed by atoms with Crippen molar-refractivity contribution in [2.24, 2.45) is 5.92 Å². The van der Waals surface area contributed by atoms with Crippen LogP contribution in [-0.4, -0.2) is 29.9 Å². The zero-order chi connectivity index (χ0) is 13.5.